The van der Waals surface area contributed by atoms with Crippen LogP contribution in [0.1, 0.15) is 69.3 Å². The molecule has 2 N–H and O–H groups in total. The van der Waals surface area contributed by atoms with Crippen LogP contribution < -0.4 is 5.32 Å². The highest BCUT2D eigenvalue weighted by Crippen LogP contribution is 2.20. The molecule has 1 aliphatic heterocycles. The Bertz CT molecular complexity index is 791. The number of imidazole rings is 1. The third-order valence-corrected chi connectivity index (χ3v) is 5.25. The molecule has 1 aromatic heterocycles. The van der Waals surface area contributed by atoms with E-state index in [9.17, 15) is 9.59 Å². The molecular weight excluding hydrogens is 340 g/mol. The summed E-state index contributed by atoms with van der Waals surface area (Å²) >= 11 is 0. The van der Waals surface area contributed by atoms with Crippen LogP contribution >= 0.6 is 0 Å². The van der Waals surface area contributed by atoms with Gasteiger partial charge in [0.25, 0.3) is 0 Å². The van der Waals surface area contributed by atoms with E-state index in [0.717, 1.165) is 49.2 Å². The molecule has 6 heteroatoms. The summed E-state index contributed by atoms with van der Waals surface area (Å²) < 4.78 is 0. The minimum atomic E-state index is -0.168. The lowest BCUT2D eigenvalue weighted by Gasteiger charge is -2.20. The number of fused-ring (bicyclic) bond motifs is 1. The number of likely N-dealkylation sites (tertiary alicyclic amines) is 1. The number of rotatable bonds is 6. The van der Waals surface area contributed by atoms with E-state index in [1.165, 1.54) is 18.4 Å². The smallest absolute Gasteiger partial charge is 0.223 e. The lowest BCUT2D eigenvalue weighted by atomic mass is 10.2. The van der Waals surface area contributed by atoms with Gasteiger partial charge in [-0.3, -0.25) is 9.59 Å². The summed E-state index contributed by atoms with van der Waals surface area (Å²) in [6.45, 7) is 5.72. The lowest BCUT2D eigenvalue weighted by molar-refractivity contribution is -0.133. The van der Waals surface area contributed by atoms with Crippen LogP contribution in [0.5, 0.6) is 0 Å². The van der Waals surface area contributed by atoms with Crippen molar-refractivity contribution in [2.75, 3.05) is 13.1 Å². The zero-order valence-electron chi connectivity index (χ0n) is 16.4. The van der Waals surface area contributed by atoms with Gasteiger partial charge >= 0.3 is 0 Å². The number of aromatic nitrogens is 2. The van der Waals surface area contributed by atoms with Crippen molar-refractivity contribution in [3.8, 4) is 0 Å². The summed E-state index contributed by atoms with van der Waals surface area (Å²) in [5.74, 6) is 0.770. The number of carbonyl (C=O) groups excluding carboxylic acids is 2. The molecule has 0 unspecified atom stereocenters. The van der Waals surface area contributed by atoms with Crippen molar-refractivity contribution in [2.45, 2.75) is 64.8 Å². The van der Waals surface area contributed by atoms with Crippen molar-refractivity contribution in [1.82, 2.24) is 20.2 Å². The zero-order valence-corrected chi connectivity index (χ0v) is 16.4. The molecule has 0 bridgehead atoms. The fourth-order valence-corrected chi connectivity index (χ4v) is 3.64. The van der Waals surface area contributed by atoms with Crippen LogP contribution in [0.4, 0.5) is 0 Å². The van der Waals surface area contributed by atoms with Crippen molar-refractivity contribution < 1.29 is 9.59 Å². The van der Waals surface area contributed by atoms with Gasteiger partial charge in [-0.15, -0.1) is 0 Å². The first-order valence-corrected chi connectivity index (χ1v) is 10.1. The van der Waals surface area contributed by atoms with Crippen molar-refractivity contribution in [1.29, 1.82) is 0 Å². The van der Waals surface area contributed by atoms with Gasteiger partial charge in [0.05, 0.1) is 17.1 Å². The Labute approximate surface area is 160 Å². The van der Waals surface area contributed by atoms with Crippen LogP contribution in [0.2, 0.25) is 0 Å². The van der Waals surface area contributed by atoms with Gasteiger partial charge in [0.15, 0.2) is 0 Å². The van der Waals surface area contributed by atoms with Crippen LogP contribution in [-0.2, 0) is 9.59 Å². The Balaban J connectivity index is 1.55. The first-order valence-electron chi connectivity index (χ1n) is 10.1. The molecule has 2 aromatic rings. The molecular formula is C21H30N4O2. The van der Waals surface area contributed by atoms with Crippen molar-refractivity contribution >= 4 is 22.8 Å². The Morgan fingerprint density at radius 3 is 2.63 bits per heavy atom. The average molecular weight is 370 g/mol. The van der Waals surface area contributed by atoms with E-state index >= 15 is 0 Å². The van der Waals surface area contributed by atoms with Crippen LogP contribution in [0.3, 0.4) is 0 Å². The van der Waals surface area contributed by atoms with Gasteiger partial charge < -0.3 is 15.2 Å². The Morgan fingerprint density at radius 2 is 1.93 bits per heavy atom. The van der Waals surface area contributed by atoms with Gasteiger partial charge in [0.1, 0.15) is 5.82 Å². The minimum absolute atomic E-state index is 0.0957. The second kappa shape index (κ2) is 9.02. The third-order valence-electron chi connectivity index (χ3n) is 5.25. The standard InChI is InChI=1S/C21H30N4O2/c1-3-16(21-23-17-9-8-15(2)14-18(17)24-21)22-19(26)10-11-20(27)25-12-6-4-5-7-13-25/h8-9,14,16H,3-7,10-13H2,1-2H3,(H,22,26)(H,23,24)/t16-/m1/s1. The molecule has 1 aliphatic rings. The molecule has 0 aliphatic carbocycles. The molecule has 27 heavy (non-hydrogen) atoms. The summed E-state index contributed by atoms with van der Waals surface area (Å²) in [6.07, 6.45) is 5.78. The van der Waals surface area contributed by atoms with Crippen LogP contribution in [0.25, 0.3) is 11.0 Å². The van der Waals surface area contributed by atoms with E-state index in [-0.39, 0.29) is 30.7 Å². The first kappa shape index (κ1) is 19.4. The monoisotopic (exact) mass is 370 g/mol. The number of aromatic amines is 1. The summed E-state index contributed by atoms with van der Waals surface area (Å²) in [5, 5.41) is 3.03. The van der Waals surface area contributed by atoms with E-state index in [0.29, 0.717) is 0 Å². The fraction of sp³-hybridized carbons (Fsp3) is 0.571. The molecule has 6 nitrogen and oxygen atoms in total. The van der Waals surface area contributed by atoms with Gasteiger partial charge in [-0.1, -0.05) is 25.8 Å². The van der Waals surface area contributed by atoms with E-state index in [2.05, 4.69) is 21.4 Å². The molecule has 146 valence electrons. The molecule has 1 aromatic carbocycles. The topological polar surface area (TPSA) is 78.1 Å². The molecule has 0 radical (unpaired) electrons. The zero-order chi connectivity index (χ0) is 19.2. The van der Waals surface area contributed by atoms with Gasteiger partial charge in [-0.2, -0.15) is 0 Å². The molecule has 1 fully saturated rings. The molecule has 1 atom stereocenters. The van der Waals surface area contributed by atoms with Gasteiger partial charge in [0, 0.05) is 25.9 Å². The highest BCUT2D eigenvalue weighted by atomic mass is 16.2. The Kier molecular flexibility index (Phi) is 6.48. The summed E-state index contributed by atoms with van der Waals surface area (Å²) in [7, 11) is 0. The number of nitrogens with zero attached hydrogens (tertiary/aromatic N) is 2. The SMILES string of the molecule is CC[C@@H](NC(=O)CCC(=O)N1CCCCCC1)c1nc2ccc(C)cc2[nH]1. The van der Waals surface area contributed by atoms with Crippen molar-refractivity contribution in [3.63, 3.8) is 0 Å². The predicted molar refractivity (Wildman–Crippen MR) is 106 cm³/mol. The quantitative estimate of drug-likeness (QED) is 0.815. The van der Waals surface area contributed by atoms with Crippen LogP contribution in [-0.4, -0.2) is 39.8 Å². The second-order valence-corrected chi connectivity index (χ2v) is 7.47. The largest absolute Gasteiger partial charge is 0.346 e. The maximum Gasteiger partial charge on any atom is 0.223 e. The maximum atomic E-state index is 12.4. The van der Waals surface area contributed by atoms with Gasteiger partial charge in [-0.05, 0) is 43.9 Å². The van der Waals surface area contributed by atoms with Crippen molar-refractivity contribution in [3.05, 3.63) is 29.6 Å². The molecule has 0 spiro atoms. The highest BCUT2D eigenvalue weighted by molar-refractivity contribution is 5.84. The molecule has 2 heterocycles. The van der Waals surface area contributed by atoms with E-state index in [1.54, 1.807) is 0 Å². The molecule has 2 amide bonds. The molecule has 3 rings (SSSR count). The number of carbonyl (C=O) groups is 2. The van der Waals surface area contributed by atoms with E-state index in [4.69, 9.17) is 0 Å². The number of H-pyrrole nitrogens is 1. The normalized spacial score (nSPS) is 16.1. The Hall–Kier alpha value is -2.37. The number of hydrogen-bond donors (Lipinski definition) is 2. The molecule has 0 saturated carbocycles. The number of aryl methyl sites for hydroxylation is 1. The number of hydrogen-bond acceptors (Lipinski definition) is 3. The van der Waals surface area contributed by atoms with Gasteiger partial charge in [0.2, 0.25) is 11.8 Å². The maximum absolute atomic E-state index is 12.4. The average Bonchev–Trinajstić information content (AvgIpc) is 2.88. The van der Waals surface area contributed by atoms with E-state index in [1.807, 2.05) is 30.9 Å². The summed E-state index contributed by atoms with van der Waals surface area (Å²) in [4.78, 5) is 34.6. The number of amides is 2. The third kappa shape index (κ3) is 5.08. The summed E-state index contributed by atoms with van der Waals surface area (Å²) in [5.41, 5.74) is 3.05. The predicted octanol–water partition coefficient (Wildman–Crippen LogP) is 3.62. The Morgan fingerprint density at radius 1 is 1.19 bits per heavy atom. The minimum Gasteiger partial charge on any atom is -0.346 e. The summed E-state index contributed by atoms with van der Waals surface area (Å²) in [6, 6.07) is 5.90. The van der Waals surface area contributed by atoms with Crippen LogP contribution in [0, 0.1) is 6.92 Å². The van der Waals surface area contributed by atoms with Gasteiger partial charge in [-0.25, -0.2) is 4.98 Å². The fourth-order valence-electron chi connectivity index (χ4n) is 3.64. The van der Waals surface area contributed by atoms with Crippen LogP contribution in [0.15, 0.2) is 18.2 Å². The highest BCUT2D eigenvalue weighted by Gasteiger charge is 2.19. The van der Waals surface area contributed by atoms with E-state index < -0.39 is 0 Å². The first-order chi connectivity index (χ1) is 13.1. The molecule has 1 saturated heterocycles. The number of benzene rings is 1. The lowest BCUT2D eigenvalue weighted by Crippen LogP contribution is -2.34. The number of nitrogens with one attached hydrogen (secondary N) is 2. The van der Waals surface area contributed by atoms with Crippen molar-refractivity contribution in [2.24, 2.45) is 0 Å². The second-order valence-electron chi connectivity index (χ2n) is 7.47.